The number of hydrogen-bond donors (Lipinski definition) is 2. The standard InChI is InChI=1S/C19H30N2O5S2/c1-18(2)15-9-10-19(18,17(11-15)21-27(4,22)23)13-28(24,25)20-12-14-5-7-16(26-3)8-6-14/h5-8,15,17,20-21H,9-13H2,1-4H3/t15-,17-,19-/m1/s1. The molecule has 2 bridgehead atoms. The predicted molar refractivity (Wildman–Crippen MR) is 109 cm³/mol. The van der Waals surface area contributed by atoms with E-state index in [1.54, 1.807) is 19.2 Å². The molecule has 0 spiro atoms. The van der Waals surface area contributed by atoms with Crippen LogP contribution in [0.5, 0.6) is 5.75 Å². The van der Waals surface area contributed by atoms with E-state index in [1.165, 1.54) is 0 Å². The first-order valence-electron chi connectivity index (χ1n) is 9.46. The summed E-state index contributed by atoms with van der Waals surface area (Å²) in [4.78, 5) is 0. The van der Waals surface area contributed by atoms with Crippen molar-refractivity contribution in [3.05, 3.63) is 29.8 Å². The van der Waals surface area contributed by atoms with E-state index in [4.69, 9.17) is 4.74 Å². The van der Waals surface area contributed by atoms with E-state index in [1.807, 2.05) is 12.1 Å². The van der Waals surface area contributed by atoms with Gasteiger partial charge in [0.15, 0.2) is 0 Å². The van der Waals surface area contributed by atoms with E-state index in [9.17, 15) is 16.8 Å². The van der Waals surface area contributed by atoms with Crippen LogP contribution in [0.2, 0.25) is 0 Å². The Kier molecular flexibility index (Phi) is 5.59. The summed E-state index contributed by atoms with van der Waals surface area (Å²) in [5.41, 5.74) is -0.0147. The summed E-state index contributed by atoms with van der Waals surface area (Å²) in [5.74, 6) is 0.959. The number of hydrogen-bond acceptors (Lipinski definition) is 5. The average molecular weight is 431 g/mol. The van der Waals surface area contributed by atoms with Crippen molar-refractivity contribution in [3.63, 3.8) is 0 Å². The van der Waals surface area contributed by atoms with E-state index in [2.05, 4.69) is 23.3 Å². The molecule has 9 heteroatoms. The van der Waals surface area contributed by atoms with Gasteiger partial charge in [-0.3, -0.25) is 0 Å². The molecule has 0 radical (unpaired) electrons. The number of fused-ring (bicyclic) bond motifs is 2. The minimum Gasteiger partial charge on any atom is -0.497 e. The maximum Gasteiger partial charge on any atom is 0.212 e. The lowest BCUT2D eigenvalue weighted by Crippen LogP contribution is -2.53. The molecule has 7 nitrogen and oxygen atoms in total. The molecule has 3 rings (SSSR count). The lowest BCUT2D eigenvalue weighted by molar-refractivity contribution is 0.133. The Hall–Kier alpha value is -1.16. The second kappa shape index (κ2) is 7.27. The number of rotatable bonds is 8. The van der Waals surface area contributed by atoms with Gasteiger partial charge in [0.1, 0.15) is 5.75 Å². The van der Waals surface area contributed by atoms with Crippen LogP contribution < -0.4 is 14.2 Å². The number of nitrogens with one attached hydrogen (secondary N) is 2. The summed E-state index contributed by atoms with van der Waals surface area (Å²) in [6.07, 6.45) is 3.47. The minimum atomic E-state index is -3.60. The highest BCUT2D eigenvalue weighted by molar-refractivity contribution is 7.89. The largest absolute Gasteiger partial charge is 0.497 e. The van der Waals surface area contributed by atoms with Crippen molar-refractivity contribution < 1.29 is 21.6 Å². The third-order valence-corrected chi connectivity index (χ3v) is 9.08. The van der Waals surface area contributed by atoms with Gasteiger partial charge in [-0.1, -0.05) is 26.0 Å². The topological polar surface area (TPSA) is 102 Å². The van der Waals surface area contributed by atoms with Gasteiger partial charge in [0, 0.05) is 18.0 Å². The summed E-state index contributed by atoms with van der Waals surface area (Å²) in [6, 6.07) is 6.86. The molecule has 2 N–H and O–H groups in total. The molecular formula is C19H30N2O5S2. The maximum absolute atomic E-state index is 13.0. The highest BCUT2D eigenvalue weighted by Gasteiger charge is 2.65. The molecular weight excluding hydrogens is 400 g/mol. The number of methoxy groups -OCH3 is 1. The third kappa shape index (κ3) is 4.08. The third-order valence-electron chi connectivity index (χ3n) is 6.89. The Labute approximate surface area is 168 Å². The van der Waals surface area contributed by atoms with Gasteiger partial charge in [0.25, 0.3) is 0 Å². The molecule has 0 saturated heterocycles. The fourth-order valence-electron chi connectivity index (χ4n) is 5.17. The first-order valence-corrected chi connectivity index (χ1v) is 13.0. The van der Waals surface area contributed by atoms with Crippen LogP contribution in [0, 0.1) is 16.7 Å². The van der Waals surface area contributed by atoms with Gasteiger partial charge in [-0.05, 0) is 48.3 Å². The lowest BCUT2D eigenvalue weighted by atomic mass is 9.69. The van der Waals surface area contributed by atoms with Gasteiger partial charge in [0.05, 0.1) is 19.1 Å². The normalized spacial score (nSPS) is 29.1. The Bertz CT molecular complexity index is 926. The van der Waals surface area contributed by atoms with Crippen molar-refractivity contribution in [1.29, 1.82) is 0 Å². The van der Waals surface area contributed by atoms with Crippen molar-refractivity contribution in [2.24, 2.45) is 16.7 Å². The molecule has 0 amide bonds. The fourth-order valence-corrected chi connectivity index (χ4v) is 7.90. The average Bonchev–Trinajstić information content (AvgIpc) is 2.93. The molecule has 2 fully saturated rings. The number of benzene rings is 1. The predicted octanol–water partition coefficient (Wildman–Crippen LogP) is 1.86. The molecule has 1 aromatic carbocycles. The first-order chi connectivity index (χ1) is 12.9. The molecule has 0 unspecified atom stereocenters. The second-order valence-electron chi connectivity index (χ2n) is 8.72. The van der Waals surface area contributed by atoms with Crippen LogP contribution >= 0.6 is 0 Å². The van der Waals surface area contributed by atoms with Crippen molar-refractivity contribution in [3.8, 4) is 5.75 Å². The Balaban J connectivity index is 1.77. The number of sulfonamides is 2. The van der Waals surface area contributed by atoms with Crippen LogP contribution in [0.1, 0.15) is 38.7 Å². The zero-order valence-electron chi connectivity index (χ0n) is 16.9. The lowest BCUT2D eigenvalue weighted by Gasteiger charge is -2.42. The van der Waals surface area contributed by atoms with Gasteiger partial charge >= 0.3 is 0 Å². The highest BCUT2D eigenvalue weighted by atomic mass is 32.2. The molecule has 2 saturated carbocycles. The van der Waals surface area contributed by atoms with Gasteiger partial charge in [-0.15, -0.1) is 0 Å². The first kappa shape index (κ1) is 21.5. The summed E-state index contributed by atoms with van der Waals surface area (Å²) in [6.45, 7) is 4.34. The van der Waals surface area contributed by atoms with E-state index in [0.717, 1.165) is 18.2 Å². The van der Waals surface area contributed by atoms with Gasteiger partial charge in [0.2, 0.25) is 20.0 Å². The van der Waals surface area contributed by atoms with E-state index >= 15 is 0 Å². The Morgan fingerprint density at radius 3 is 2.32 bits per heavy atom. The van der Waals surface area contributed by atoms with Gasteiger partial charge in [-0.25, -0.2) is 26.3 Å². The molecule has 1 aromatic rings. The molecule has 0 aliphatic heterocycles. The van der Waals surface area contributed by atoms with Crippen LogP contribution in [-0.4, -0.2) is 42.0 Å². The minimum absolute atomic E-state index is 0.0765. The fraction of sp³-hybridized carbons (Fsp3) is 0.684. The van der Waals surface area contributed by atoms with Crippen LogP contribution in [0.4, 0.5) is 0 Å². The quantitative estimate of drug-likeness (QED) is 0.655. The van der Waals surface area contributed by atoms with Crippen LogP contribution in [-0.2, 0) is 26.6 Å². The summed E-state index contributed by atoms with van der Waals surface area (Å²) >= 11 is 0. The Morgan fingerprint density at radius 1 is 1.14 bits per heavy atom. The highest BCUT2D eigenvalue weighted by Crippen LogP contribution is 2.66. The second-order valence-corrected chi connectivity index (χ2v) is 12.3. The van der Waals surface area contributed by atoms with Crippen molar-refractivity contribution in [1.82, 2.24) is 9.44 Å². The van der Waals surface area contributed by atoms with E-state index < -0.39 is 25.5 Å². The molecule has 0 heterocycles. The monoisotopic (exact) mass is 430 g/mol. The molecule has 28 heavy (non-hydrogen) atoms. The smallest absolute Gasteiger partial charge is 0.212 e. The van der Waals surface area contributed by atoms with Crippen molar-refractivity contribution >= 4 is 20.0 Å². The van der Waals surface area contributed by atoms with Crippen LogP contribution in [0.15, 0.2) is 24.3 Å². The van der Waals surface area contributed by atoms with Gasteiger partial charge < -0.3 is 4.74 Å². The zero-order valence-corrected chi connectivity index (χ0v) is 18.5. The van der Waals surface area contributed by atoms with E-state index in [-0.39, 0.29) is 23.8 Å². The Morgan fingerprint density at radius 2 is 1.79 bits per heavy atom. The van der Waals surface area contributed by atoms with Gasteiger partial charge in [-0.2, -0.15) is 0 Å². The van der Waals surface area contributed by atoms with Crippen LogP contribution in [0.3, 0.4) is 0 Å². The zero-order chi connectivity index (χ0) is 20.8. The number of ether oxygens (including phenoxy) is 1. The molecule has 158 valence electrons. The molecule has 2 aliphatic carbocycles. The van der Waals surface area contributed by atoms with Crippen molar-refractivity contribution in [2.45, 2.75) is 45.7 Å². The molecule has 2 aliphatic rings. The molecule has 3 atom stereocenters. The maximum atomic E-state index is 13.0. The summed E-state index contributed by atoms with van der Waals surface area (Å²) in [5, 5.41) is 0. The van der Waals surface area contributed by atoms with E-state index in [0.29, 0.717) is 24.5 Å². The summed E-state index contributed by atoms with van der Waals surface area (Å²) in [7, 11) is -5.43. The SMILES string of the molecule is COc1ccc(CNS(=O)(=O)C[C@]23CC[C@H](C[C@H]2NS(C)(=O)=O)C3(C)C)cc1. The van der Waals surface area contributed by atoms with Crippen LogP contribution in [0.25, 0.3) is 0 Å². The summed E-state index contributed by atoms with van der Waals surface area (Å²) < 4.78 is 60.2. The molecule has 0 aromatic heterocycles. The van der Waals surface area contributed by atoms with Crippen molar-refractivity contribution in [2.75, 3.05) is 19.1 Å².